The van der Waals surface area contributed by atoms with E-state index < -0.39 is 25.1 Å². The molecule has 1 heterocycles. The molecular formula is C26H39BF3N3O4. The van der Waals surface area contributed by atoms with Crippen LogP contribution >= 0.6 is 0 Å². The van der Waals surface area contributed by atoms with Crippen LogP contribution in [0.15, 0.2) is 24.3 Å². The maximum atomic E-state index is 12.7. The quantitative estimate of drug-likeness (QED) is 0.300. The molecule has 5 rings (SSSR count). The van der Waals surface area contributed by atoms with Crippen LogP contribution in [-0.2, 0) is 20.5 Å². The van der Waals surface area contributed by atoms with Gasteiger partial charge in [0.2, 0.25) is 5.91 Å². The Labute approximate surface area is 217 Å². The van der Waals surface area contributed by atoms with E-state index in [4.69, 9.17) is 20.8 Å². The number of nitrogens with one attached hydrogen (secondary N) is 1. The highest BCUT2D eigenvalue weighted by Crippen LogP contribution is 2.66. The van der Waals surface area contributed by atoms with Crippen molar-refractivity contribution in [1.29, 1.82) is 0 Å². The summed E-state index contributed by atoms with van der Waals surface area (Å²) in [6.07, 6.45) is -0.144. The second-order valence-electron chi connectivity index (χ2n) is 11.6. The molecule has 1 amide bonds. The molecule has 1 aromatic rings. The molecule has 37 heavy (non-hydrogen) atoms. The summed E-state index contributed by atoms with van der Waals surface area (Å²) in [6, 6.07) is 5.14. The number of alkyl halides is 3. The average molecular weight is 525 g/mol. The van der Waals surface area contributed by atoms with Gasteiger partial charge < -0.3 is 30.8 Å². The second-order valence-corrected chi connectivity index (χ2v) is 11.6. The highest BCUT2D eigenvalue weighted by Gasteiger charge is 2.68. The zero-order valence-corrected chi connectivity index (χ0v) is 21.9. The first-order valence-electron chi connectivity index (χ1n) is 13.2. The van der Waals surface area contributed by atoms with Gasteiger partial charge in [0.05, 0.1) is 17.7 Å². The van der Waals surface area contributed by atoms with Gasteiger partial charge in [0.15, 0.2) is 0 Å². The van der Waals surface area contributed by atoms with Crippen molar-refractivity contribution < 1.29 is 32.0 Å². The lowest BCUT2D eigenvalue weighted by molar-refractivity contribution is -0.274. The zero-order valence-electron chi connectivity index (χ0n) is 21.9. The van der Waals surface area contributed by atoms with E-state index in [-0.39, 0.29) is 35.5 Å². The Balaban J connectivity index is 1.45. The fourth-order valence-corrected chi connectivity index (χ4v) is 6.50. The fraction of sp³-hybridized carbons (Fsp3) is 0.731. The molecule has 206 valence electrons. The molecule has 1 aliphatic heterocycles. The number of amides is 1. The summed E-state index contributed by atoms with van der Waals surface area (Å²) >= 11 is 0. The number of benzene rings is 1. The zero-order chi connectivity index (χ0) is 27.0. The monoisotopic (exact) mass is 525 g/mol. The fourth-order valence-electron chi connectivity index (χ4n) is 6.50. The maximum Gasteiger partial charge on any atom is 0.573 e. The Bertz CT molecular complexity index is 948. The minimum Gasteiger partial charge on any atom is -0.406 e. The number of carbonyl (C=O) groups excluding carboxylic acids is 1. The summed E-state index contributed by atoms with van der Waals surface area (Å²) in [6.45, 7) is 7.54. The third-order valence-corrected chi connectivity index (χ3v) is 8.85. The third kappa shape index (κ3) is 6.10. The Morgan fingerprint density at radius 3 is 2.54 bits per heavy atom. The van der Waals surface area contributed by atoms with E-state index in [9.17, 15) is 18.0 Å². The molecule has 0 aromatic heterocycles. The molecule has 3 saturated carbocycles. The molecule has 3 aliphatic carbocycles. The van der Waals surface area contributed by atoms with Crippen molar-refractivity contribution in [3.8, 4) is 5.75 Å². The smallest absolute Gasteiger partial charge is 0.406 e. The predicted octanol–water partition coefficient (Wildman–Crippen LogP) is 3.80. The predicted molar refractivity (Wildman–Crippen MR) is 135 cm³/mol. The number of hydrogen-bond donors (Lipinski definition) is 3. The molecule has 7 nitrogen and oxygen atoms in total. The molecule has 6 atom stereocenters. The van der Waals surface area contributed by atoms with Gasteiger partial charge in [-0.3, -0.25) is 4.79 Å². The van der Waals surface area contributed by atoms with Gasteiger partial charge in [0.25, 0.3) is 0 Å². The molecule has 5 N–H and O–H groups in total. The minimum atomic E-state index is -4.75. The van der Waals surface area contributed by atoms with Gasteiger partial charge in [-0.05, 0) is 80.5 Å². The summed E-state index contributed by atoms with van der Waals surface area (Å²) in [4.78, 5) is 12.7. The molecule has 2 bridgehead atoms. The summed E-state index contributed by atoms with van der Waals surface area (Å²) < 4.78 is 54.8. The van der Waals surface area contributed by atoms with E-state index >= 15 is 0 Å². The molecule has 0 radical (unpaired) electrons. The van der Waals surface area contributed by atoms with E-state index in [1.165, 1.54) is 12.1 Å². The van der Waals surface area contributed by atoms with Crippen LogP contribution in [0.1, 0.15) is 58.4 Å². The Kier molecular flexibility index (Phi) is 8.19. The number of rotatable bonds is 11. The molecule has 0 spiro atoms. The molecule has 4 aliphatic rings. The van der Waals surface area contributed by atoms with Gasteiger partial charge in [-0.1, -0.05) is 32.4 Å². The van der Waals surface area contributed by atoms with Crippen LogP contribution in [0.3, 0.4) is 0 Å². The lowest BCUT2D eigenvalue weighted by Gasteiger charge is -2.64. The molecule has 1 saturated heterocycles. The van der Waals surface area contributed by atoms with E-state index in [2.05, 4.69) is 30.8 Å². The highest BCUT2D eigenvalue weighted by molar-refractivity contribution is 6.47. The van der Waals surface area contributed by atoms with Crippen LogP contribution < -0.4 is 21.5 Å². The van der Waals surface area contributed by atoms with Crippen molar-refractivity contribution in [3.63, 3.8) is 0 Å². The maximum absolute atomic E-state index is 12.7. The Hall–Kier alpha value is -1.82. The van der Waals surface area contributed by atoms with Crippen LogP contribution in [-0.4, -0.2) is 50.2 Å². The summed E-state index contributed by atoms with van der Waals surface area (Å²) in [5, 5.41) is 2.95. The lowest BCUT2D eigenvalue weighted by Crippen LogP contribution is -2.65. The topological polar surface area (TPSA) is 109 Å². The van der Waals surface area contributed by atoms with Gasteiger partial charge in [-0.25, -0.2) is 0 Å². The van der Waals surface area contributed by atoms with Gasteiger partial charge in [0.1, 0.15) is 5.75 Å². The molecule has 11 heteroatoms. The largest absolute Gasteiger partial charge is 0.573 e. The first-order valence-corrected chi connectivity index (χ1v) is 13.2. The summed E-state index contributed by atoms with van der Waals surface area (Å²) in [7, 11) is -0.551. The van der Waals surface area contributed by atoms with E-state index in [0.717, 1.165) is 31.2 Å². The van der Waals surface area contributed by atoms with Gasteiger partial charge in [-0.2, -0.15) is 0 Å². The van der Waals surface area contributed by atoms with Gasteiger partial charge in [-0.15, -0.1) is 13.2 Å². The van der Waals surface area contributed by atoms with Gasteiger partial charge in [0, 0.05) is 12.4 Å². The standard InChI is InChI=1S/C26H39BF3N3O4/c1-24(2)17-13-21(24)25(3)22(14-17)36-27(37-25)18(15-33-23(34)20(32)6-4-5-11-31)12-16-7-9-19(10-8-16)35-26(28,29)30/h7-10,17-18,20-22H,4-6,11-15,31-32H2,1-3H3,(H,33,34)/t17-,18?,20+,21-,22+,25-/m1/s1. The van der Waals surface area contributed by atoms with Crippen molar-refractivity contribution >= 4 is 13.0 Å². The normalized spacial score (nSPS) is 29.7. The van der Waals surface area contributed by atoms with Crippen LogP contribution in [0, 0.1) is 17.3 Å². The van der Waals surface area contributed by atoms with Crippen molar-refractivity contribution in [1.82, 2.24) is 5.32 Å². The Morgan fingerprint density at radius 1 is 1.22 bits per heavy atom. The number of ether oxygens (including phenoxy) is 1. The van der Waals surface area contributed by atoms with Gasteiger partial charge >= 0.3 is 13.5 Å². The third-order valence-electron chi connectivity index (χ3n) is 8.85. The van der Waals surface area contributed by atoms with Crippen LogP contribution in [0.4, 0.5) is 13.2 Å². The van der Waals surface area contributed by atoms with E-state index in [1.807, 2.05) is 0 Å². The van der Waals surface area contributed by atoms with Crippen LogP contribution in [0.2, 0.25) is 5.82 Å². The van der Waals surface area contributed by atoms with Crippen molar-refractivity contribution in [3.05, 3.63) is 29.8 Å². The summed E-state index contributed by atoms with van der Waals surface area (Å²) in [5.41, 5.74) is 12.2. The van der Waals surface area contributed by atoms with E-state index in [1.54, 1.807) is 12.1 Å². The molecule has 1 aromatic carbocycles. The number of nitrogens with two attached hydrogens (primary N) is 2. The first-order chi connectivity index (χ1) is 17.3. The number of hydrogen-bond acceptors (Lipinski definition) is 6. The van der Waals surface area contributed by atoms with Crippen LogP contribution in [0.5, 0.6) is 5.75 Å². The molecule has 1 unspecified atom stereocenters. The minimum absolute atomic E-state index is 0.0199. The average Bonchev–Trinajstić information content (AvgIpc) is 3.18. The number of carbonyl (C=O) groups is 1. The van der Waals surface area contributed by atoms with Crippen molar-refractivity contribution in [2.24, 2.45) is 28.7 Å². The van der Waals surface area contributed by atoms with E-state index in [0.29, 0.717) is 31.2 Å². The SMILES string of the molecule is CC1(C)[C@H]2C[C@@H]3OB(C(CNC(=O)[C@@H](N)CCCCN)Cc4ccc(OC(F)(F)F)cc4)O[C@]3(C)[C@@H]1C2. The van der Waals surface area contributed by atoms with Crippen molar-refractivity contribution in [2.75, 3.05) is 13.1 Å². The number of unbranched alkanes of at least 4 members (excludes halogenated alkanes) is 1. The Morgan fingerprint density at radius 2 is 1.92 bits per heavy atom. The first kappa shape index (κ1) is 28.2. The number of halogens is 3. The summed E-state index contributed by atoms with van der Waals surface area (Å²) in [5.74, 6) is 0.208. The molecule has 4 fully saturated rings. The van der Waals surface area contributed by atoms with Crippen LogP contribution in [0.25, 0.3) is 0 Å². The molecular weight excluding hydrogens is 486 g/mol. The second kappa shape index (κ2) is 10.7. The highest BCUT2D eigenvalue weighted by atomic mass is 19.4. The van der Waals surface area contributed by atoms with Crippen molar-refractivity contribution in [2.45, 2.75) is 89.2 Å². The lowest BCUT2D eigenvalue weighted by atomic mass is 9.43.